The van der Waals surface area contributed by atoms with E-state index in [0.717, 1.165) is 199 Å². The maximum atomic E-state index is 7.18. The van der Waals surface area contributed by atoms with Crippen LogP contribution in [0.1, 0.15) is 51.3 Å². The Kier molecular flexibility index (Phi) is 15.3. The van der Waals surface area contributed by atoms with Gasteiger partial charge in [-0.25, -0.2) is 9.97 Å². The minimum absolute atomic E-state index is 0.243. The van der Waals surface area contributed by atoms with Crippen molar-refractivity contribution in [3.63, 3.8) is 0 Å². The SMILES string of the molecule is CC(C)(C)c1ccc2c(N(c3ccccc3)c3cccc4c3oc3ccccc34)c3cc(C(C)(C)c4ccc5c(N(c6ccccc6)c6cccc7c6oc6ncccc67)c6ccccc6c(N(c6ccccc6)c6cccc7c6oc6ncccc67)c5c4)ccc3c(N(c3ccccc3)c3cccc4c3oc3ccccc34)c2c1. The van der Waals surface area contributed by atoms with Gasteiger partial charge in [0.2, 0.25) is 11.4 Å². The predicted molar refractivity (Wildman–Crippen MR) is 477 cm³/mol. The zero-order valence-electron chi connectivity index (χ0n) is 63.9. The zero-order chi connectivity index (χ0) is 76.8. The lowest BCUT2D eigenvalue weighted by Crippen LogP contribution is -2.20. The Morgan fingerprint density at radius 1 is 0.217 bits per heavy atom. The summed E-state index contributed by atoms with van der Waals surface area (Å²) < 4.78 is 28.3. The molecule has 0 N–H and O–H groups in total. The first kappa shape index (κ1) is 67.2. The number of nitrogens with zero attached hydrogens (tertiary/aromatic N) is 6. The molecule has 0 saturated carbocycles. The molecule has 0 fully saturated rings. The molecule has 6 aromatic heterocycles. The molecule has 115 heavy (non-hydrogen) atoms. The van der Waals surface area contributed by atoms with E-state index in [0.29, 0.717) is 11.4 Å². The molecule has 0 unspecified atom stereocenters. The van der Waals surface area contributed by atoms with E-state index in [2.05, 4.69) is 388 Å². The highest BCUT2D eigenvalue weighted by molar-refractivity contribution is 6.28. The Hall–Kier alpha value is -14.7. The number of fused-ring (bicyclic) bond motifs is 16. The fourth-order valence-corrected chi connectivity index (χ4v) is 18.0. The van der Waals surface area contributed by atoms with Gasteiger partial charge >= 0.3 is 0 Å². The molecule has 0 aliphatic carbocycles. The Labute approximate surface area is 662 Å². The van der Waals surface area contributed by atoms with Crippen molar-refractivity contribution in [1.29, 1.82) is 0 Å². The first-order valence-electron chi connectivity index (χ1n) is 39.3. The third kappa shape index (κ3) is 10.6. The highest BCUT2D eigenvalue weighted by Gasteiger charge is 2.35. The normalized spacial score (nSPS) is 12.2. The van der Waals surface area contributed by atoms with Crippen molar-refractivity contribution in [2.45, 2.75) is 45.4 Å². The van der Waals surface area contributed by atoms with E-state index in [9.17, 15) is 0 Å². The molecule has 0 aliphatic rings. The van der Waals surface area contributed by atoms with E-state index in [1.807, 2.05) is 12.1 Å². The summed E-state index contributed by atoms with van der Waals surface area (Å²) in [5, 5.41) is 16.2. The molecule has 0 radical (unpaired) electrons. The first-order chi connectivity index (χ1) is 56.5. The van der Waals surface area contributed by atoms with Crippen LogP contribution in [0.2, 0.25) is 0 Å². The van der Waals surface area contributed by atoms with Crippen LogP contribution >= 0.6 is 0 Å². The van der Waals surface area contributed by atoms with Crippen LogP contribution in [-0.2, 0) is 10.8 Å². The van der Waals surface area contributed by atoms with Gasteiger partial charge in [-0.2, -0.15) is 0 Å². The Morgan fingerprint density at radius 3 is 0.843 bits per heavy atom. The summed E-state index contributed by atoms with van der Waals surface area (Å²) in [5.41, 5.74) is 19.7. The standard InChI is InChI=1S/C105H74N6O4/c1-104(2,3)65-54-57-77-85(62-65)96(109(69-32-12-7-13-33-69)88-48-24-42-79-72-38-20-22-52-92(72)112-98(79)88)78-59-56-67(64-87(78)97(77)110(70-34-14-8-15-35-70)89-49-25-43-80-73-39-21-23-53-93(73)113-99(80)89)105(4,5)66-55-58-76-86(63-66)95(111(71-36-16-9-17-37-71)91-51-27-45-82-84-47-29-61-107-103(84)115-101(82)91)75-41-19-18-40-74(75)94(76)108(68-30-10-6-11-31-68)90-50-26-44-81-83-46-28-60-106-102(83)114-100(81)90/h6-64H,1-5H3. The molecule has 0 spiro atoms. The molecule has 0 aliphatic heterocycles. The van der Waals surface area contributed by atoms with Crippen molar-refractivity contribution in [1.82, 2.24) is 9.97 Å². The van der Waals surface area contributed by atoms with Crippen molar-refractivity contribution in [2.24, 2.45) is 0 Å². The molecule has 6 heterocycles. The molecule has 0 saturated heterocycles. The maximum Gasteiger partial charge on any atom is 0.227 e. The summed E-state index contributed by atoms with van der Waals surface area (Å²) >= 11 is 0. The summed E-state index contributed by atoms with van der Waals surface area (Å²) in [6, 6.07) is 125. The van der Waals surface area contributed by atoms with Crippen LogP contribution < -0.4 is 19.6 Å². The third-order valence-electron chi connectivity index (χ3n) is 23.5. The fraction of sp³-hybridized carbons (Fsp3) is 0.0667. The molecule has 22 aromatic rings. The number of hydrogen-bond donors (Lipinski definition) is 0. The van der Waals surface area contributed by atoms with Crippen LogP contribution in [0, 0.1) is 0 Å². The van der Waals surface area contributed by atoms with Crippen molar-refractivity contribution in [3.05, 3.63) is 375 Å². The Bertz CT molecular complexity index is 7650. The van der Waals surface area contributed by atoms with Gasteiger partial charge in [0, 0.05) is 127 Å². The van der Waals surface area contributed by atoms with E-state index >= 15 is 0 Å². The molecular weight excluding hydrogens is 1410 g/mol. The van der Waals surface area contributed by atoms with Crippen molar-refractivity contribution in [2.75, 3.05) is 19.6 Å². The lowest BCUT2D eigenvalue weighted by molar-refractivity contribution is 0.591. The highest BCUT2D eigenvalue weighted by atomic mass is 16.3. The molecule has 548 valence electrons. The predicted octanol–water partition coefficient (Wildman–Crippen LogP) is 30.2. The van der Waals surface area contributed by atoms with Gasteiger partial charge in [0.15, 0.2) is 22.3 Å². The Morgan fingerprint density at radius 2 is 0.487 bits per heavy atom. The molecule has 0 bridgehead atoms. The van der Waals surface area contributed by atoms with Gasteiger partial charge in [0.25, 0.3) is 0 Å². The van der Waals surface area contributed by atoms with Crippen molar-refractivity contribution >= 4 is 199 Å². The summed E-state index contributed by atoms with van der Waals surface area (Å²) in [6.45, 7) is 11.7. The van der Waals surface area contributed by atoms with Crippen molar-refractivity contribution < 1.29 is 17.7 Å². The number of furan rings is 4. The molecular formula is C105H74N6O4. The highest BCUT2D eigenvalue weighted by Crippen LogP contribution is 2.58. The lowest BCUT2D eigenvalue weighted by Gasteiger charge is -2.35. The minimum atomic E-state index is -0.739. The Balaban J connectivity index is 0.865. The number of benzene rings is 16. The lowest BCUT2D eigenvalue weighted by atomic mass is 9.76. The second-order valence-corrected chi connectivity index (χ2v) is 31.5. The van der Waals surface area contributed by atoms with Gasteiger partial charge in [0.05, 0.1) is 45.5 Å². The van der Waals surface area contributed by atoms with Gasteiger partial charge in [-0.3, -0.25) is 0 Å². The molecule has 16 aromatic carbocycles. The van der Waals surface area contributed by atoms with Crippen LogP contribution in [0.3, 0.4) is 0 Å². The van der Waals surface area contributed by atoms with E-state index in [1.165, 1.54) is 5.56 Å². The zero-order valence-corrected chi connectivity index (χ0v) is 63.9. The van der Waals surface area contributed by atoms with Crippen LogP contribution in [-0.4, -0.2) is 9.97 Å². The summed E-state index contributed by atoms with van der Waals surface area (Å²) in [6.07, 6.45) is 3.60. The van der Waals surface area contributed by atoms with Crippen LogP contribution in [0.25, 0.3) is 131 Å². The van der Waals surface area contributed by atoms with Gasteiger partial charge in [-0.05, 0) is 149 Å². The van der Waals surface area contributed by atoms with E-state index in [-0.39, 0.29) is 5.41 Å². The number of para-hydroxylation sites is 10. The smallest absolute Gasteiger partial charge is 0.227 e. The quantitative estimate of drug-likeness (QED) is 0.0774. The molecule has 10 heteroatoms. The monoisotopic (exact) mass is 1480 g/mol. The fourth-order valence-electron chi connectivity index (χ4n) is 18.0. The maximum absolute atomic E-state index is 7.18. The average molecular weight is 1480 g/mol. The summed E-state index contributed by atoms with van der Waals surface area (Å²) in [5.74, 6) is 0. The molecule has 0 amide bonds. The number of pyridine rings is 2. The van der Waals surface area contributed by atoms with E-state index < -0.39 is 5.41 Å². The van der Waals surface area contributed by atoms with Crippen LogP contribution in [0.15, 0.2) is 376 Å². The van der Waals surface area contributed by atoms with Crippen molar-refractivity contribution in [3.8, 4) is 0 Å². The van der Waals surface area contributed by atoms with E-state index in [4.69, 9.17) is 27.6 Å². The number of anilines is 12. The van der Waals surface area contributed by atoms with Gasteiger partial charge in [-0.1, -0.05) is 253 Å². The molecule has 10 nitrogen and oxygen atoms in total. The summed E-state index contributed by atoms with van der Waals surface area (Å²) in [4.78, 5) is 19.3. The van der Waals surface area contributed by atoms with Crippen LogP contribution in [0.4, 0.5) is 68.2 Å². The van der Waals surface area contributed by atoms with Gasteiger partial charge in [-0.15, -0.1) is 0 Å². The van der Waals surface area contributed by atoms with Crippen LogP contribution in [0.5, 0.6) is 0 Å². The number of aromatic nitrogens is 2. The molecule has 0 atom stereocenters. The second kappa shape index (κ2) is 26.2. The minimum Gasteiger partial charge on any atom is -0.454 e. The summed E-state index contributed by atoms with van der Waals surface area (Å²) in [7, 11) is 0. The van der Waals surface area contributed by atoms with E-state index in [1.54, 1.807) is 12.4 Å². The van der Waals surface area contributed by atoms with Gasteiger partial charge < -0.3 is 37.3 Å². The number of rotatable bonds is 14. The number of hydrogen-bond acceptors (Lipinski definition) is 10. The average Bonchev–Trinajstić information content (AvgIpc) is 0.838. The first-order valence-corrected chi connectivity index (χ1v) is 39.3. The molecule has 22 rings (SSSR count). The topological polar surface area (TPSA) is 91.3 Å². The third-order valence-corrected chi connectivity index (χ3v) is 23.5. The van der Waals surface area contributed by atoms with Gasteiger partial charge in [0.1, 0.15) is 11.2 Å². The largest absolute Gasteiger partial charge is 0.454 e. The second-order valence-electron chi connectivity index (χ2n) is 31.5.